The molecule has 132 valence electrons. The van der Waals surface area contributed by atoms with Crippen LogP contribution < -0.4 is 10.9 Å². The molecule has 1 aliphatic rings. The molecule has 5 rings (SSSR count). The molecule has 2 aromatic heterocycles. The number of para-hydroxylation sites is 2. The van der Waals surface area contributed by atoms with Gasteiger partial charge >= 0.3 is 0 Å². The van der Waals surface area contributed by atoms with Crippen molar-refractivity contribution in [1.29, 1.82) is 0 Å². The predicted octanol–water partition coefficient (Wildman–Crippen LogP) is 4.86. The summed E-state index contributed by atoms with van der Waals surface area (Å²) in [5.74, 6) is 1.04. The van der Waals surface area contributed by atoms with Crippen molar-refractivity contribution in [1.82, 2.24) is 0 Å². The van der Waals surface area contributed by atoms with E-state index in [-0.39, 0.29) is 16.8 Å². The number of allylic oxidation sites excluding steroid dienone is 2. The SMILES string of the molecule is O=c1cc(C2=CCCC2c2cc(=O)c3ccccc3o2)oc2ccccc12. The zero-order chi connectivity index (χ0) is 18.4. The summed E-state index contributed by atoms with van der Waals surface area (Å²) in [6.07, 6.45) is 3.72. The molecule has 1 aliphatic carbocycles. The fourth-order valence-electron chi connectivity index (χ4n) is 3.81. The van der Waals surface area contributed by atoms with E-state index in [0.717, 1.165) is 18.4 Å². The van der Waals surface area contributed by atoms with Gasteiger partial charge in [-0.3, -0.25) is 9.59 Å². The van der Waals surface area contributed by atoms with Gasteiger partial charge in [-0.2, -0.15) is 0 Å². The molecule has 2 heterocycles. The highest BCUT2D eigenvalue weighted by molar-refractivity contribution is 5.80. The van der Waals surface area contributed by atoms with Crippen LogP contribution in [0.15, 0.2) is 85.2 Å². The van der Waals surface area contributed by atoms with Crippen molar-refractivity contribution in [2.75, 3.05) is 0 Å². The average molecular weight is 356 g/mol. The summed E-state index contributed by atoms with van der Waals surface area (Å²) in [6, 6.07) is 17.5. The van der Waals surface area contributed by atoms with E-state index < -0.39 is 0 Å². The van der Waals surface area contributed by atoms with Crippen molar-refractivity contribution in [3.8, 4) is 0 Å². The maximum Gasteiger partial charge on any atom is 0.193 e. The maximum atomic E-state index is 12.5. The lowest BCUT2D eigenvalue weighted by atomic mass is 9.95. The quantitative estimate of drug-likeness (QED) is 0.515. The normalized spacial score (nSPS) is 16.7. The molecule has 0 amide bonds. The van der Waals surface area contributed by atoms with Gasteiger partial charge in [-0.1, -0.05) is 30.3 Å². The van der Waals surface area contributed by atoms with E-state index in [4.69, 9.17) is 8.83 Å². The maximum absolute atomic E-state index is 12.5. The minimum absolute atomic E-state index is 0.0573. The number of hydrogen-bond acceptors (Lipinski definition) is 4. The van der Waals surface area contributed by atoms with E-state index in [1.165, 1.54) is 6.07 Å². The highest BCUT2D eigenvalue weighted by Crippen LogP contribution is 2.41. The van der Waals surface area contributed by atoms with E-state index in [2.05, 4.69) is 6.08 Å². The zero-order valence-corrected chi connectivity index (χ0v) is 14.5. The lowest BCUT2D eigenvalue weighted by molar-refractivity contribution is 0.505. The molecule has 0 spiro atoms. The average Bonchev–Trinajstić information content (AvgIpc) is 3.18. The third-order valence-electron chi connectivity index (χ3n) is 5.11. The molecule has 1 unspecified atom stereocenters. The van der Waals surface area contributed by atoms with Crippen molar-refractivity contribution in [2.24, 2.45) is 0 Å². The van der Waals surface area contributed by atoms with E-state index in [1.54, 1.807) is 30.3 Å². The molecule has 4 heteroatoms. The summed E-state index contributed by atoms with van der Waals surface area (Å²) in [7, 11) is 0. The van der Waals surface area contributed by atoms with Gasteiger partial charge < -0.3 is 8.83 Å². The summed E-state index contributed by atoms with van der Waals surface area (Å²) in [4.78, 5) is 24.9. The van der Waals surface area contributed by atoms with Gasteiger partial charge in [-0.25, -0.2) is 0 Å². The molecule has 0 aliphatic heterocycles. The van der Waals surface area contributed by atoms with E-state index in [0.29, 0.717) is 33.5 Å². The Morgan fingerprint density at radius 1 is 0.778 bits per heavy atom. The molecule has 0 N–H and O–H groups in total. The molecular weight excluding hydrogens is 340 g/mol. The summed E-state index contributed by atoms with van der Waals surface area (Å²) in [6.45, 7) is 0. The van der Waals surface area contributed by atoms with Gasteiger partial charge in [0.2, 0.25) is 0 Å². The molecule has 0 bridgehead atoms. The fourth-order valence-corrected chi connectivity index (χ4v) is 3.81. The Morgan fingerprint density at radius 2 is 1.41 bits per heavy atom. The Balaban J connectivity index is 1.64. The number of fused-ring (bicyclic) bond motifs is 2. The van der Waals surface area contributed by atoms with Crippen LogP contribution in [-0.4, -0.2) is 0 Å². The van der Waals surface area contributed by atoms with Gasteiger partial charge in [0, 0.05) is 23.6 Å². The Kier molecular flexibility index (Phi) is 3.57. The van der Waals surface area contributed by atoms with Crippen molar-refractivity contribution in [3.05, 3.63) is 98.7 Å². The van der Waals surface area contributed by atoms with Crippen LogP contribution in [0.3, 0.4) is 0 Å². The fraction of sp³-hybridized carbons (Fsp3) is 0.130. The molecule has 1 atom stereocenters. The lowest BCUT2D eigenvalue weighted by Gasteiger charge is -2.14. The van der Waals surface area contributed by atoms with Gasteiger partial charge in [0.1, 0.15) is 22.7 Å². The smallest absolute Gasteiger partial charge is 0.193 e. The van der Waals surface area contributed by atoms with E-state index in [1.807, 2.05) is 24.3 Å². The first-order chi connectivity index (χ1) is 13.2. The second-order valence-corrected chi connectivity index (χ2v) is 6.77. The van der Waals surface area contributed by atoms with E-state index >= 15 is 0 Å². The van der Waals surface area contributed by atoms with Crippen LogP contribution in [-0.2, 0) is 0 Å². The highest BCUT2D eigenvalue weighted by atomic mass is 16.3. The summed E-state index contributed by atoms with van der Waals surface area (Å²) < 4.78 is 12.0. The summed E-state index contributed by atoms with van der Waals surface area (Å²) >= 11 is 0. The first-order valence-electron chi connectivity index (χ1n) is 8.97. The van der Waals surface area contributed by atoms with Crippen LogP contribution in [0.1, 0.15) is 30.3 Å². The minimum Gasteiger partial charge on any atom is -0.460 e. The largest absolute Gasteiger partial charge is 0.460 e. The van der Waals surface area contributed by atoms with Crippen LogP contribution >= 0.6 is 0 Å². The van der Waals surface area contributed by atoms with Crippen LogP contribution in [0.5, 0.6) is 0 Å². The highest BCUT2D eigenvalue weighted by Gasteiger charge is 2.27. The van der Waals surface area contributed by atoms with Crippen molar-refractivity contribution >= 4 is 27.5 Å². The standard InChI is InChI=1S/C23H16O4/c24-18-12-22(26-20-10-3-1-6-16(18)20)14-8-5-9-15(14)23-13-19(25)17-7-2-4-11-21(17)27-23/h1-4,6-8,10-13,15H,5,9H2. The number of benzene rings is 2. The molecule has 0 saturated carbocycles. The van der Waals surface area contributed by atoms with Gasteiger partial charge in [0.05, 0.1) is 10.8 Å². The monoisotopic (exact) mass is 356 g/mol. The topological polar surface area (TPSA) is 60.4 Å². The molecule has 27 heavy (non-hydrogen) atoms. The second kappa shape index (κ2) is 6.09. The third kappa shape index (κ3) is 2.61. The van der Waals surface area contributed by atoms with Gasteiger partial charge in [0.25, 0.3) is 0 Å². The van der Waals surface area contributed by atoms with Gasteiger partial charge in [0.15, 0.2) is 10.9 Å². The van der Waals surface area contributed by atoms with Crippen molar-refractivity contribution in [3.63, 3.8) is 0 Å². The number of hydrogen-bond donors (Lipinski definition) is 0. The zero-order valence-electron chi connectivity index (χ0n) is 14.5. The Hall–Kier alpha value is -3.40. The first-order valence-corrected chi connectivity index (χ1v) is 8.97. The van der Waals surface area contributed by atoms with E-state index in [9.17, 15) is 9.59 Å². The number of rotatable bonds is 2. The van der Waals surface area contributed by atoms with Crippen LogP contribution in [0.4, 0.5) is 0 Å². The third-order valence-corrected chi connectivity index (χ3v) is 5.11. The molecule has 0 saturated heterocycles. The summed E-state index contributed by atoms with van der Waals surface area (Å²) in [5.41, 5.74) is 1.91. The van der Waals surface area contributed by atoms with Gasteiger partial charge in [-0.15, -0.1) is 0 Å². The predicted molar refractivity (Wildman–Crippen MR) is 105 cm³/mol. The molecular formula is C23H16O4. The second-order valence-electron chi connectivity index (χ2n) is 6.77. The molecule has 2 aromatic carbocycles. The lowest BCUT2D eigenvalue weighted by Crippen LogP contribution is -2.07. The van der Waals surface area contributed by atoms with Crippen molar-refractivity contribution in [2.45, 2.75) is 18.8 Å². The molecule has 4 nitrogen and oxygen atoms in total. The van der Waals surface area contributed by atoms with Crippen LogP contribution in [0, 0.1) is 0 Å². The molecule has 0 fully saturated rings. The van der Waals surface area contributed by atoms with Crippen LogP contribution in [0.25, 0.3) is 27.5 Å². The Labute approximate surface area is 154 Å². The summed E-state index contributed by atoms with van der Waals surface area (Å²) in [5, 5.41) is 1.13. The van der Waals surface area contributed by atoms with Gasteiger partial charge in [-0.05, 0) is 37.1 Å². The molecule has 4 aromatic rings. The Morgan fingerprint density at radius 3 is 2.15 bits per heavy atom. The minimum atomic E-state index is -0.105. The first kappa shape index (κ1) is 15.8. The molecule has 0 radical (unpaired) electrons. The van der Waals surface area contributed by atoms with Crippen molar-refractivity contribution < 1.29 is 8.83 Å². The Bertz CT molecular complexity index is 1320. The van der Waals surface area contributed by atoms with Crippen LogP contribution in [0.2, 0.25) is 0 Å².